The lowest BCUT2D eigenvalue weighted by molar-refractivity contribution is -0.130. The molecular formula is C32H47N5O. The Morgan fingerprint density at radius 3 is 2.53 bits per heavy atom. The largest absolute Gasteiger partial charge is 0.379 e. The molecule has 0 spiro atoms. The fourth-order valence-corrected chi connectivity index (χ4v) is 6.07. The summed E-state index contributed by atoms with van der Waals surface area (Å²) in [6.45, 7) is 19.5. The number of nitrogens with one attached hydrogen (secondary N) is 1. The van der Waals surface area contributed by atoms with Gasteiger partial charge in [0, 0.05) is 50.7 Å². The number of rotatable bonds is 8. The number of carbonyl (C=O) groups is 1. The number of aryl methyl sites for hydroxylation is 1. The van der Waals surface area contributed by atoms with Gasteiger partial charge in [-0.3, -0.25) is 9.69 Å². The molecule has 6 nitrogen and oxygen atoms in total. The first kappa shape index (κ1) is 28.2. The van der Waals surface area contributed by atoms with Crippen molar-refractivity contribution in [3.8, 4) is 6.07 Å². The number of hydrogen-bond donors (Lipinski definition) is 1. The summed E-state index contributed by atoms with van der Waals surface area (Å²) in [6.07, 6.45) is 5.91. The van der Waals surface area contributed by atoms with Crippen LogP contribution in [0.2, 0.25) is 0 Å². The van der Waals surface area contributed by atoms with E-state index in [1.165, 1.54) is 52.9 Å². The van der Waals surface area contributed by atoms with Crippen LogP contribution in [-0.2, 0) is 4.79 Å². The Morgan fingerprint density at radius 2 is 1.87 bits per heavy atom. The Kier molecular flexibility index (Phi) is 9.54. The number of nitrogens with zero attached hydrogens (tertiary/aromatic N) is 4. The van der Waals surface area contributed by atoms with Crippen LogP contribution in [0.25, 0.3) is 0 Å². The lowest BCUT2D eigenvalue weighted by Crippen LogP contribution is -2.51. The summed E-state index contributed by atoms with van der Waals surface area (Å²) in [5, 5.41) is 12.7. The number of hydrogen-bond acceptors (Lipinski definition) is 5. The maximum absolute atomic E-state index is 13.0. The minimum atomic E-state index is 0.157. The van der Waals surface area contributed by atoms with Crippen LogP contribution in [0, 0.1) is 42.9 Å². The van der Waals surface area contributed by atoms with Gasteiger partial charge >= 0.3 is 0 Å². The fourth-order valence-electron chi connectivity index (χ4n) is 6.07. The molecule has 0 unspecified atom stereocenters. The maximum Gasteiger partial charge on any atom is 0.241 e. The number of carbonyl (C=O) groups excluding carboxylic acids is 1. The zero-order valence-corrected chi connectivity index (χ0v) is 24.1. The summed E-state index contributed by atoms with van der Waals surface area (Å²) in [5.74, 6) is 1.70. The molecular weight excluding hydrogens is 470 g/mol. The van der Waals surface area contributed by atoms with Crippen LogP contribution in [0.1, 0.15) is 57.1 Å². The Morgan fingerprint density at radius 1 is 1.13 bits per heavy atom. The van der Waals surface area contributed by atoms with Crippen LogP contribution < -0.4 is 10.2 Å². The van der Waals surface area contributed by atoms with Crippen molar-refractivity contribution in [3.63, 3.8) is 0 Å². The number of anilines is 1. The van der Waals surface area contributed by atoms with Gasteiger partial charge in [-0.15, -0.1) is 0 Å². The molecule has 206 valence electrons. The van der Waals surface area contributed by atoms with Crippen molar-refractivity contribution < 1.29 is 4.79 Å². The van der Waals surface area contributed by atoms with Gasteiger partial charge in [-0.05, 0) is 79.8 Å². The van der Waals surface area contributed by atoms with Gasteiger partial charge in [-0.1, -0.05) is 45.4 Å². The lowest BCUT2D eigenvalue weighted by atomic mass is 10.0. The third-order valence-electron chi connectivity index (χ3n) is 8.84. The molecule has 2 heterocycles. The second-order valence-corrected chi connectivity index (χ2v) is 11.6. The second-order valence-electron chi connectivity index (χ2n) is 11.6. The van der Waals surface area contributed by atoms with E-state index in [1.807, 2.05) is 4.90 Å². The van der Waals surface area contributed by atoms with Gasteiger partial charge in [0.15, 0.2) is 0 Å². The quantitative estimate of drug-likeness (QED) is 0.523. The Balaban J connectivity index is 0.000000786. The first-order chi connectivity index (χ1) is 18.4. The van der Waals surface area contributed by atoms with Crippen molar-refractivity contribution in [1.82, 2.24) is 15.1 Å². The van der Waals surface area contributed by atoms with Crippen LogP contribution in [0.5, 0.6) is 0 Å². The van der Waals surface area contributed by atoms with E-state index in [-0.39, 0.29) is 11.8 Å². The number of likely N-dealkylation sites (tertiary alicyclic amines) is 1. The van der Waals surface area contributed by atoms with E-state index in [0.29, 0.717) is 12.5 Å². The standard InChI is InChI=1S/C28H37N5O.C4H10/c1-19-5-4-6-26(21(19)3)32-9-11-33(12-10-32)27(34)16-30-25-14-23-13-24(23)28(25)20(2)17-31-8-7-22(15-29)18-31;1-3-4-2/h4-6,22-24,30H,2,7-14,16-18H2,1,3H3;3-4H2,1-2H3/t22-,23+,24+;/m0./s1. The van der Waals surface area contributed by atoms with E-state index in [1.54, 1.807) is 0 Å². The van der Waals surface area contributed by atoms with E-state index in [4.69, 9.17) is 0 Å². The van der Waals surface area contributed by atoms with E-state index in [2.05, 4.69) is 73.7 Å². The second kappa shape index (κ2) is 12.8. The molecule has 0 radical (unpaired) electrons. The number of amides is 1. The van der Waals surface area contributed by atoms with Crippen molar-refractivity contribution in [2.45, 2.75) is 59.8 Å². The highest BCUT2D eigenvalue weighted by Gasteiger charge is 2.47. The number of fused-ring (bicyclic) bond motifs is 1. The molecule has 1 aromatic rings. The van der Waals surface area contributed by atoms with Crippen molar-refractivity contribution in [3.05, 3.63) is 52.7 Å². The average molecular weight is 518 g/mol. The molecule has 2 aliphatic heterocycles. The monoisotopic (exact) mass is 517 g/mol. The Labute approximate surface area is 230 Å². The molecule has 2 saturated heterocycles. The smallest absolute Gasteiger partial charge is 0.241 e. The molecule has 38 heavy (non-hydrogen) atoms. The normalized spacial score (nSPS) is 24.4. The first-order valence-electron chi connectivity index (χ1n) is 14.7. The number of unbranched alkanes of at least 4 members (excludes halogenated alkanes) is 1. The topological polar surface area (TPSA) is 62.6 Å². The zero-order valence-electron chi connectivity index (χ0n) is 24.1. The van der Waals surface area contributed by atoms with Crippen LogP contribution in [0.15, 0.2) is 41.6 Å². The van der Waals surface area contributed by atoms with Gasteiger partial charge in [0.25, 0.3) is 0 Å². The number of allylic oxidation sites excluding steroid dienone is 1. The summed E-state index contributed by atoms with van der Waals surface area (Å²) in [6, 6.07) is 8.87. The van der Waals surface area contributed by atoms with E-state index < -0.39 is 0 Å². The maximum atomic E-state index is 13.0. The fraction of sp³-hybridized carbons (Fsp3) is 0.625. The SMILES string of the molecule is C=C(CN1CC[C@@H](C#N)C1)C1=C(NCC(=O)N2CCN(c3cccc(C)c3C)CC2)C[C@H]2C[C@@H]12.CCCC. The third kappa shape index (κ3) is 6.61. The Bertz CT molecular complexity index is 1080. The van der Waals surface area contributed by atoms with E-state index in [0.717, 1.165) is 64.6 Å². The molecule has 3 atom stereocenters. The average Bonchev–Trinajstić information content (AvgIpc) is 3.36. The van der Waals surface area contributed by atoms with Gasteiger partial charge in [0.2, 0.25) is 5.91 Å². The predicted molar refractivity (Wildman–Crippen MR) is 156 cm³/mol. The number of benzene rings is 1. The van der Waals surface area contributed by atoms with Crippen LogP contribution >= 0.6 is 0 Å². The molecule has 1 amide bonds. The molecule has 1 N–H and O–H groups in total. The molecule has 3 fully saturated rings. The van der Waals surface area contributed by atoms with Gasteiger partial charge in [-0.25, -0.2) is 0 Å². The zero-order chi connectivity index (χ0) is 27.2. The number of piperazine rings is 1. The highest BCUT2D eigenvalue weighted by atomic mass is 16.2. The predicted octanol–water partition coefficient (Wildman–Crippen LogP) is 5.04. The lowest BCUT2D eigenvalue weighted by Gasteiger charge is -2.37. The Hall–Kier alpha value is -2.78. The summed E-state index contributed by atoms with van der Waals surface area (Å²) in [5.41, 5.74) is 7.74. The van der Waals surface area contributed by atoms with Crippen LogP contribution in [0.3, 0.4) is 0 Å². The summed E-state index contributed by atoms with van der Waals surface area (Å²) in [7, 11) is 0. The molecule has 0 aromatic heterocycles. The molecule has 2 aliphatic carbocycles. The molecule has 5 rings (SSSR count). The molecule has 4 aliphatic rings. The molecule has 1 saturated carbocycles. The van der Waals surface area contributed by atoms with Gasteiger partial charge in [-0.2, -0.15) is 5.26 Å². The molecule has 1 aromatic carbocycles. The highest BCUT2D eigenvalue weighted by Crippen LogP contribution is 2.56. The van der Waals surface area contributed by atoms with Crippen LogP contribution in [-0.4, -0.2) is 68.1 Å². The minimum Gasteiger partial charge on any atom is -0.379 e. The molecule has 0 bridgehead atoms. The summed E-state index contributed by atoms with van der Waals surface area (Å²) < 4.78 is 0. The van der Waals surface area contributed by atoms with Crippen molar-refractivity contribution in [1.29, 1.82) is 5.26 Å². The van der Waals surface area contributed by atoms with Gasteiger partial charge in [0.1, 0.15) is 0 Å². The summed E-state index contributed by atoms with van der Waals surface area (Å²) in [4.78, 5) is 19.8. The summed E-state index contributed by atoms with van der Waals surface area (Å²) >= 11 is 0. The van der Waals surface area contributed by atoms with Crippen molar-refractivity contribution in [2.75, 3.05) is 57.3 Å². The van der Waals surface area contributed by atoms with Crippen molar-refractivity contribution >= 4 is 11.6 Å². The van der Waals surface area contributed by atoms with Crippen LogP contribution in [0.4, 0.5) is 5.69 Å². The molecule has 6 heteroatoms. The van der Waals surface area contributed by atoms with E-state index in [9.17, 15) is 10.1 Å². The van der Waals surface area contributed by atoms with Gasteiger partial charge < -0.3 is 15.1 Å². The van der Waals surface area contributed by atoms with Gasteiger partial charge in [0.05, 0.1) is 18.5 Å². The number of nitriles is 1. The van der Waals surface area contributed by atoms with Crippen molar-refractivity contribution in [2.24, 2.45) is 17.8 Å². The highest BCUT2D eigenvalue weighted by molar-refractivity contribution is 5.79. The first-order valence-corrected chi connectivity index (χ1v) is 14.7. The third-order valence-corrected chi connectivity index (χ3v) is 8.84. The minimum absolute atomic E-state index is 0.157. The van der Waals surface area contributed by atoms with E-state index >= 15 is 0 Å².